The van der Waals surface area contributed by atoms with E-state index in [1.807, 2.05) is 30.3 Å². The molecule has 0 spiro atoms. The molecule has 0 unspecified atom stereocenters. The SMILES string of the molecule is Cc1ccc([C@H](CN2CCOCC2)NCC(=O)N(CC(=O)Nc2ccccc2)Cc2ccco2)cc1. The van der Waals surface area contributed by atoms with E-state index in [0.717, 1.165) is 25.2 Å². The lowest BCUT2D eigenvalue weighted by molar-refractivity contribution is -0.134. The zero-order chi connectivity index (χ0) is 25.2. The Morgan fingerprint density at radius 2 is 1.75 bits per heavy atom. The molecule has 1 aliphatic heterocycles. The molecular formula is C28H34N4O4. The minimum absolute atomic E-state index is 0.0312. The smallest absolute Gasteiger partial charge is 0.244 e. The number of aryl methyl sites for hydroxylation is 1. The van der Waals surface area contributed by atoms with Crippen LogP contribution in [-0.4, -0.2) is 67.6 Å². The summed E-state index contributed by atoms with van der Waals surface area (Å²) in [6.07, 6.45) is 1.57. The zero-order valence-electron chi connectivity index (χ0n) is 20.7. The molecule has 0 radical (unpaired) electrons. The third kappa shape index (κ3) is 7.78. The van der Waals surface area contributed by atoms with Crippen LogP contribution in [0.5, 0.6) is 0 Å². The Morgan fingerprint density at radius 3 is 2.44 bits per heavy atom. The van der Waals surface area contributed by atoms with Crippen molar-refractivity contribution >= 4 is 17.5 Å². The van der Waals surface area contributed by atoms with E-state index in [2.05, 4.69) is 46.7 Å². The topological polar surface area (TPSA) is 87.0 Å². The van der Waals surface area contributed by atoms with E-state index >= 15 is 0 Å². The molecule has 2 heterocycles. The maximum Gasteiger partial charge on any atom is 0.244 e. The fourth-order valence-electron chi connectivity index (χ4n) is 4.17. The third-order valence-electron chi connectivity index (χ3n) is 6.20. The molecule has 1 saturated heterocycles. The number of para-hydroxylation sites is 1. The lowest BCUT2D eigenvalue weighted by Gasteiger charge is -2.31. The van der Waals surface area contributed by atoms with Gasteiger partial charge in [-0.25, -0.2) is 0 Å². The van der Waals surface area contributed by atoms with Crippen LogP contribution < -0.4 is 10.6 Å². The largest absolute Gasteiger partial charge is 0.467 e. The van der Waals surface area contributed by atoms with E-state index in [-0.39, 0.29) is 37.5 Å². The minimum atomic E-state index is -0.260. The highest BCUT2D eigenvalue weighted by Crippen LogP contribution is 2.17. The van der Waals surface area contributed by atoms with E-state index in [1.165, 1.54) is 10.5 Å². The molecule has 8 heteroatoms. The summed E-state index contributed by atoms with van der Waals surface area (Å²) >= 11 is 0. The standard InChI is InChI=1S/C28H34N4O4/c1-22-9-11-23(12-10-22)26(20-31-13-16-35-17-14-31)29-18-28(34)32(19-25-8-5-15-36-25)21-27(33)30-24-6-3-2-4-7-24/h2-12,15,26,29H,13-14,16-21H2,1H3,(H,30,33)/t26-/m0/s1. The summed E-state index contributed by atoms with van der Waals surface area (Å²) in [4.78, 5) is 29.9. The molecule has 0 saturated carbocycles. The van der Waals surface area contributed by atoms with Crippen molar-refractivity contribution in [2.24, 2.45) is 0 Å². The van der Waals surface area contributed by atoms with Crippen molar-refractivity contribution in [2.45, 2.75) is 19.5 Å². The lowest BCUT2D eigenvalue weighted by atomic mass is 10.0. The number of carbonyl (C=O) groups is 2. The van der Waals surface area contributed by atoms with Gasteiger partial charge in [-0.3, -0.25) is 14.5 Å². The van der Waals surface area contributed by atoms with Gasteiger partial charge in [0.05, 0.1) is 32.6 Å². The number of anilines is 1. The first kappa shape index (κ1) is 25.6. The number of nitrogens with zero attached hydrogens (tertiary/aromatic N) is 2. The Bertz CT molecular complexity index is 1080. The van der Waals surface area contributed by atoms with Crippen molar-refractivity contribution in [2.75, 3.05) is 51.3 Å². The van der Waals surface area contributed by atoms with Gasteiger partial charge in [-0.05, 0) is 36.8 Å². The van der Waals surface area contributed by atoms with Gasteiger partial charge in [-0.1, -0.05) is 48.0 Å². The zero-order valence-corrected chi connectivity index (χ0v) is 20.7. The average molecular weight is 491 g/mol. The molecule has 1 fully saturated rings. The van der Waals surface area contributed by atoms with Crippen molar-refractivity contribution in [3.63, 3.8) is 0 Å². The molecule has 1 aliphatic rings. The number of nitrogens with one attached hydrogen (secondary N) is 2. The summed E-state index contributed by atoms with van der Waals surface area (Å²) in [5.41, 5.74) is 3.00. The first-order chi connectivity index (χ1) is 17.6. The molecular weight excluding hydrogens is 456 g/mol. The maximum absolute atomic E-state index is 13.3. The van der Waals surface area contributed by atoms with Gasteiger partial charge >= 0.3 is 0 Å². The molecule has 0 bridgehead atoms. The van der Waals surface area contributed by atoms with Crippen molar-refractivity contribution in [1.29, 1.82) is 0 Å². The Hall–Kier alpha value is -3.46. The molecule has 4 rings (SSSR count). The summed E-state index contributed by atoms with van der Waals surface area (Å²) in [5.74, 6) is 0.192. The quantitative estimate of drug-likeness (QED) is 0.429. The van der Waals surface area contributed by atoms with Gasteiger partial charge in [0.15, 0.2) is 0 Å². The van der Waals surface area contributed by atoms with Crippen molar-refractivity contribution in [3.05, 3.63) is 89.9 Å². The molecule has 1 aromatic heterocycles. The molecule has 3 aromatic rings. The van der Waals surface area contributed by atoms with Gasteiger partial charge in [-0.15, -0.1) is 0 Å². The third-order valence-corrected chi connectivity index (χ3v) is 6.20. The fourth-order valence-corrected chi connectivity index (χ4v) is 4.17. The van der Waals surface area contributed by atoms with Crippen LogP contribution in [0.2, 0.25) is 0 Å². The van der Waals surface area contributed by atoms with Gasteiger partial charge in [0.25, 0.3) is 0 Å². The maximum atomic E-state index is 13.3. The van der Waals surface area contributed by atoms with Gasteiger partial charge in [0.2, 0.25) is 11.8 Å². The average Bonchev–Trinajstić information content (AvgIpc) is 3.41. The monoisotopic (exact) mass is 490 g/mol. The van der Waals surface area contributed by atoms with E-state index in [9.17, 15) is 9.59 Å². The van der Waals surface area contributed by atoms with Gasteiger partial charge < -0.3 is 24.7 Å². The molecule has 0 aliphatic carbocycles. The van der Waals surface area contributed by atoms with Crippen molar-refractivity contribution in [1.82, 2.24) is 15.1 Å². The Morgan fingerprint density at radius 1 is 1.00 bits per heavy atom. The molecule has 8 nitrogen and oxygen atoms in total. The minimum Gasteiger partial charge on any atom is -0.467 e. The van der Waals surface area contributed by atoms with Crippen LogP contribution in [0.1, 0.15) is 22.9 Å². The van der Waals surface area contributed by atoms with E-state index < -0.39 is 0 Å². The second-order valence-corrected chi connectivity index (χ2v) is 9.00. The lowest BCUT2D eigenvalue weighted by Crippen LogP contribution is -2.46. The van der Waals surface area contributed by atoms with E-state index in [4.69, 9.17) is 9.15 Å². The molecule has 2 N–H and O–H groups in total. The molecule has 36 heavy (non-hydrogen) atoms. The van der Waals surface area contributed by atoms with Gasteiger partial charge in [-0.2, -0.15) is 0 Å². The summed E-state index contributed by atoms with van der Waals surface area (Å²) < 4.78 is 10.9. The number of rotatable bonds is 11. The molecule has 190 valence electrons. The first-order valence-electron chi connectivity index (χ1n) is 12.3. The van der Waals surface area contributed by atoms with Gasteiger partial charge in [0.1, 0.15) is 12.3 Å². The molecule has 2 amide bonds. The number of hydrogen-bond acceptors (Lipinski definition) is 6. The number of benzene rings is 2. The van der Waals surface area contributed by atoms with Crippen LogP contribution in [0.15, 0.2) is 77.4 Å². The second-order valence-electron chi connectivity index (χ2n) is 9.00. The summed E-state index contributed by atoms with van der Waals surface area (Å²) in [6.45, 7) is 6.23. The van der Waals surface area contributed by atoms with Crippen LogP contribution >= 0.6 is 0 Å². The summed E-state index contributed by atoms with van der Waals surface area (Å²) in [5, 5.41) is 6.30. The highest BCUT2D eigenvalue weighted by atomic mass is 16.5. The summed E-state index contributed by atoms with van der Waals surface area (Å²) in [7, 11) is 0. The van der Waals surface area contributed by atoms with Crippen molar-refractivity contribution < 1.29 is 18.7 Å². The predicted octanol–water partition coefficient (Wildman–Crippen LogP) is 3.22. The predicted molar refractivity (Wildman–Crippen MR) is 138 cm³/mol. The van der Waals surface area contributed by atoms with Crippen LogP contribution in [-0.2, 0) is 20.9 Å². The number of ether oxygens (including phenoxy) is 1. The number of amides is 2. The highest BCUT2D eigenvalue weighted by molar-refractivity contribution is 5.94. The van der Waals surface area contributed by atoms with Crippen LogP contribution in [0.25, 0.3) is 0 Å². The van der Waals surface area contributed by atoms with Crippen molar-refractivity contribution in [3.8, 4) is 0 Å². The Labute approximate surface area is 212 Å². The highest BCUT2D eigenvalue weighted by Gasteiger charge is 2.23. The van der Waals surface area contributed by atoms with Gasteiger partial charge in [0, 0.05) is 31.4 Å². The van der Waals surface area contributed by atoms with Crippen LogP contribution in [0, 0.1) is 6.92 Å². The number of carbonyl (C=O) groups excluding carboxylic acids is 2. The first-order valence-corrected chi connectivity index (χ1v) is 12.3. The Balaban J connectivity index is 1.42. The fraction of sp³-hybridized carbons (Fsp3) is 0.357. The number of morpholine rings is 1. The van der Waals surface area contributed by atoms with Crippen LogP contribution in [0.4, 0.5) is 5.69 Å². The van der Waals surface area contributed by atoms with E-state index in [0.29, 0.717) is 24.7 Å². The number of furan rings is 1. The molecule has 1 atom stereocenters. The normalized spacial score (nSPS) is 14.8. The number of hydrogen-bond donors (Lipinski definition) is 2. The second kappa shape index (κ2) is 13.0. The van der Waals surface area contributed by atoms with Crippen LogP contribution in [0.3, 0.4) is 0 Å². The Kier molecular flexibility index (Phi) is 9.27. The molecule has 2 aromatic carbocycles. The summed E-state index contributed by atoms with van der Waals surface area (Å²) in [6, 6.07) is 21.1. The van der Waals surface area contributed by atoms with E-state index in [1.54, 1.807) is 18.4 Å².